The van der Waals surface area contributed by atoms with E-state index in [0.29, 0.717) is 32.6 Å². The maximum atomic E-state index is 13.0. The second kappa shape index (κ2) is 8.58. The van der Waals surface area contributed by atoms with Gasteiger partial charge < -0.3 is 9.47 Å². The number of nitrogens with zero attached hydrogens (tertiary/aromatic N) is 2. The number of halogens is 2. The number of hydrogen-bond donors (Lipinski definition) is 0. The highest BCUT2D eigenvalue weighted by Gasteiger charge is 2.14. The van der Waals surface area contributed by atoms with Crippen molar-refractivity contribution in [3.63, 3.8) is 0 Å². The average Bonchev–Trinajstić information content (AvgIpc) is 3.30. The summed E-state index contributed by atoms with van der Waals surface area (Å²) in [5, 5.41) is 0.644. The molecule has 2 heterocycles. The average molecular weight is 528 g/mol. The van der Waals surface area contributed by atoms with E-state index in [0.717, 1.165) is 26.6 Å². The van der Waals surface area contributed by atoms with Gasteiger partial charge in [0.1, 0.15) is 6.61 Å². The molecule has 3 aromatic carbocycles. The van der Waals surface area contributed by atoms with E-state index in [2.05, 4.69) is 20.9 Å². The largest absolute Gasteiger partial charge is 0.493 e. The molecule has 160 valence electrons. The first-order chi connectivity index (χ1) is 15.5. The minimum atomic E-state index is -0.0900. The molecule has 32 heavy (non-hydrogen) atoms. The molecule has 5 nitrogen and oxygen atoms in total. The first kappa shape index (κ1) is 21.0. The lowest BCUT2D eigenvalue weighted by Crippen LogP contribution is -2.22. The summed E-state index contributed by atoms with van der Waals surface area (Å²) in [6, 6.07) is 18.9. The maximum Gasteiger partial charge on any atom is 0.274 e. The molecule has 0 spiro atoms. The van der Waals surface area contributed by atoms with Crippen molar-refractivity contribution in [2.45, 2.75) is 6.61 Å². The molecule has 0 aliphatic rings. The van der Waals surface area contributed by atoms with Crippen molar-refractivity contribution in [2.75, 3.05) is 7.11 Å². The molecular formula is C24H16BrClN2O3S. The molecule has 0 aliphatic carbocycles. The summed E-state index contributed by atoms with van der Waals surface area (Å²) in [4.78, 5) is 18.3. The summed E-state index contributed by atoms with van der Waals surface area (Å²) >= 11 is 11.2. The minimum Gasteiger partial charge on any atom is -0.493 e. The van der Waals surface area contributed by atoms with Gasteiger partial charge in [0.15, 0.2) is 16.5 Å². The number of ether oxygens (including phenoxy) is 2. The zero-order chi connectivity index (χ0) is 22.2. The van der Waals surface area contributed by atoms with Crippen LogP contribution in [-0.2, 0) is 6.61 Å². The molecule has 2 aromatic heterocycles. The number of rotatable bonds is 5. The zero-order valence-electron chi connectivity index (χ0n) is 16.8. The number of thiazole rings is 1. The van der Waals surface area contributed by atoms with Crippen LogP contribution in [0.4, 0.5) is 0 Å². The van der Waals surface area contributed by atoms with E-state index >= 15 is 0 Å². The van der Waals surface area contributed by atoms with E-state index in [9.17, 15) is 4.79 Å². The van der Waals surface area contributed by atoms with Crippen molar-refractivity contribution in [3.05, 3.63) is 96.2 Å². The van der Waals surface area contributed by atoms with Crippen LogP contribution in [0, 0.1) is 0 Å². The Labute approximate surface area is 200 Å². The minimum absolute atomic E-state index is 0.0900. The number of imidazole rings is 1. The fourth-order valence-electron chi connectivity index (χ4n) is 3.49. The Morgan fingerprint density at radius 3 is 2.75 bits per heavy atom. The van der Waals surface area contributed by atoms with Crippen LogP contribution in [0.1, 0.15) is 11.1 Å². The molecule has 0 saturated heterocycles. The third-order valence-electron chi connectivity index (χ3n) is 5.02. The topological polar surface area (TPSA) is 52.8 Å². The molecule has 0 radical (unpaired) electrons. The molecule has 0 aliphatic heterocycles. The standard InChI is InChI=1S/C24H16BrClN2O3S/c1-30-20-11-14(10-16(25)22(20)31-13-15-6-2-3-7-17(15)26)12-21-23(29)28-19-9-5-4-8-18(19)27-24(28)32-21/h2-12H,13H2,1H3/b21-12+. The van der Waals surface area contributed by atoms with E-state index < -0.39 is 0 Å². The van der Waals surface area contributed by atoms with Gasteiger partial charge in [-0.15, -0.1) is 0 Å². The van der Waals surface area contributed by atoms with Gasteiger partial charge in [0.25, 0.3) is 5.56 Å². The number of methoxy groups -OCH3 is 1. The van der Waals surface area contributed by atoms with Crippen molar-refractivity contribution >= 4 is 60.9 Å². The second-order valence-electron chi connectivity index (χ2n) is 7.05. The number of hydrogen-bond acceptors (Lipinski definition) is 5. The monoisotopic (exact) mass is 526 g/mol. The smallest absolute Gasteiger partial charge is 0.274 e. The van der Waals surface area contributed by atoms with Gasteiger partial charge in [0.05, 0.1) is 27.1 Å². The fraction of sp³-hybridized carbons (Fsp3) is 0.0833. The van der Waals surface area contributed by atoms with Crippen LogP contribution in [0.5, 0.6) is 11.5 Å². The number of aromatic nitrogens is 2. The molecule has 0 amide bonds. The Morgan fingerprint density at radius 2 is 1.94 bits per heavy atom. The lowest BCUT2D eigenvalue weighted by molar-refractivity contribution is 0.282. The van der Waals surface area contributed by atoms with Gasteiger partial charge in [-0.3, -0.25) is 4.79 Å². The van der Waals surface area contributed by atoms with Crippen LogP contribution in [0.25, 0.3) is 22.1 Å². The maximum absolute atomic E-state index is 13.0. The van der Waals surface area contributed by atoms with Gasteiger partial charge in [-0.2, -0.15) is 0 Å². The molecule has 0 N–H and O–H groups in total. The van der Waals surface area contributed by atoms with Crippen LogP contribution >= 0.6 is 38.9 Å². The van der Waals surface area contributed by atoms with E-state index in [1.807, 2.05) is 66.7 Å². The number of benzene rings is 3. The Balaban J connectivity index is 1.53. The predicted molar refractivity (Wildman–Crippen MR) is 132 cm³/mol. The Hall–Kier alpha value is -2.87. The van der Waals surface area contributed by atoms with Crippen molar-refractivity contribution in [3.8, 4) is 11.5 Å². The third-order valence-corrected chi connectivity index (χ3v) is 6.95. The molecule has 0 bridgehead atoms. The highest BCUT2D eigenvalue weighted by atomic mass is 79.9. The van der Waals surface area contributed by atoms with Crippen LogP contribution < -0.4 is 19.6 Å². The first-order valence-electron chi connectivity index (χ1n) is 9.70. The molecule has 0 atom stereocenters. The van der Waals surface area contributed by atoms with Gasteiger partial charge in [-0.25, -0.2) is 9.38 Å². The van der Waals surface area contributed by atoms with Crippen molar-refractivity contribution < 1.29 is 9.47 Å². The van der Waals surface area contributed by atoms with Crippen LogP contribution in [0.15, 0.2) is 69.9 Å². The summed E-state index contributed by atoms with van der Waals surface area (Å²) in [7, 11) is 1.58. The Bertz CT molecular complexity index is 1580. The molecule has 8 heteroatoms. The molecular weight excluding hydrogens is 512 g/mol. The van der Waals surface area contributed by atoms with Gasteiger partial charge in [0.2, 0.25) is 0 Å². The predicted octanol–water partition coefficient (Wildman–Crippen LogP) is 5.46. The second-order valence-corrected chi connectivity index (χ2v) is 9.32. The molecule has 0 saturated carbocycles. The van der Waals surface area contributed by atoms with E-state index in [-0.39, 0.29) is 5.56 Å². The number of fused-ring (bicyclic) bond motifs is 3. The summed E-state index contributed by atoms with van der Waals surface area (Å²) < 4.78 is 14.5. The lowest BCUT2D eigenvalue weighted by Gasteiger charge is -2.14. The first-order valence-corrected chi connectivity index (χ1v) is 11.7. The Morgan fingerprint density at radius 1 is 1.16 bits per heavy atom. The summed E-state index contributed by atoms with van der Waals surface area (Å²) in [6.07, 6.45) is 1.83. The third kappa shape index (κ3) is 3.77. The van der Waals surface area contributed by atoms with Crippen LogP contribution in [0.3, 0.4) is 0 Å². The molecule has 5 rings (SSSR count). The van der Waals surface area contributed by atoms with Crippen molar-refractivity contribution in [1.29, 1.82) is 0 Å². The van der Waals surface area contributed by atoms with E-state index in [1.54, 1.807) is 11.5 Å². The highest BCUT2D eigenvalue weighted by molar-refractivity contribution is 9.10. The quantitative estimate of drug-likeness (QED) is 0.305. The SMILES string of the molecule is COc1cc(/C=c2/sc3nc4ccccc4n3c2=O)cc(Br)c1OCc1ccccc1Cl. The van der Waals surface area contributed by atoms with Gasteiger partial charge in [-0.1, -0.05) is 53.3 Å². The molecule has 0 unspecified atom stereocenters. The summed E-state index contributed by atoms with van der Waals surface area (Å²) in [6.45, 7) is 0.303. The normalized spacial score (nSPS) is 12.0. The molecule has 0 fully saturated rings. The highest BCUT2D eigenvalue weighted by Crippen LogP contribution is 2.37. The van der Waals surface area contributed by atoms with Gasteiger partial charge >= 0.3 is 0 Å². The van der Waals surface area contributed by atoms with Crippen LogP contribution in [0.2, 0.25) is 5.02 Å². The van der Waals surface area contributed by atoms with Gasteiger partial charge in [-0.05, 0) is 57.9 Å². The fourth-order valence-corrected chi connectivity index (χ4v) is 5.24. The molecule has 5 aromatic rings. The number of para-hydroxylation sites is 2. The zero-order valence-corrected chi connectivity index (χ0v) is 20.0. The lowest BCUT2D eigenvalue weighted by atomic mass is 10.2. The van der Waals surface area contributed by atoms with Gasteiger partial charge in [0, 0.05) is 10.6 Å². The Kier molecular flexibility index (Phi) is 5.63. The van der Waals surface area contributed by atoms with Crippen molar-refractivity contribution in [2.24, 2.45) is 0 Å². The van der Waals surface area contributed by atoms with Crippen molar-refractivity contribution in [1.82, 2.24) is 9.38 Å². The summed E-state index contributed by atoms with van der Waals surface area (Å²) in [5.41, 5.74) is 3.22. The van der Waals surface area contributed by atoms with E-state index in [1.165, 1.54) is 11.3 Å². The van der Waals surface area contributed by atoms with E-state index in [4.69, 9.17) is 21.1 Å². The van der Waals surface area contributed by atoms with Crippen LogP contribution in [-0.4, -0.2) is 16.5 Å². The summed E-state index contributed by atoms with van der Waals surface area (Å²) in [5.74, 6) is 1.12.